The van der Waals surface area contributed by atoms with Crippen molar-refractivity contribution in [1.82, 2.24) is 14.6 Å². The van der Waals surface area contributed by atoms with Crippen LogP contribution >= 0.6 is 11.6 Å². The van der Waals surface area contributed by atoms with Crippen molar-refractivity contribution in [2.24, 2.45) is 0 Å². The first-order valence-electron chi connectivity index (χ1n) is 5.52. The van der Waals surface area contributed by atoms with Crippen molar-refractivity contribution in [1.29, 1.82) is 0 Å². The summed E-state index contributed by atoms with van der Waals surface area (Å²) < 4.78 is 1.70. The van der Waals surface area contributed by atoms with Crippen LogP contribution in [0.3, 0.4) is 0 Å². The normalized spacial score (nSPS) is 11.0. The molecule has 5 heteroatoms. The van der Waals surface area contributed by atoms with Gasteiger partial charge in [0.1, 0.15) is 0 Å². The fourth-order valence-electron chi connectivity index (χ4n) is 1.90. The zero-order chi connectivity index (χ0) is 12.7. The monoisotopic (exact) mass is 258 g/mol. The third kappa shape index (κ3) is 1.80. The summed E-state index contributed by atoms with van der Waals surface area (Å²) in [5.74, 6) is 0.620. The molecule has 2 aromatic heterocycles. The summed E-state index contributed by atoms with van der Waals surface area (Å²) in [6, 6.07) is 9.33. The van der Waals surface area contributed by atoms with Crippen LogP contribution in [-0.4, -0.2) is 14.6 Å². The van der Waals surface area contributed by atoms with Gasteiger partial charge in [0.15, 0.2) is 11.5 Å². The van der Waals surface area contributed by atoms with Crippen LogP contribution in [0.4, 0.5) is 5.69 Å². The number of anilines is 1. The maximum atomic E-state index is 5.96. The zero-order valence-electron chi connectivity index (χ0n) is 9.76. The van der Waals surface area contributed by atoms with Gasteiger partial charge in [-0.1, -0.05) is 23.7 Å². The highest BCUT2D eigenvalue weighted by atomic mass is 35.5. The van der Waals surface area contributed by atoms with Gasteiger partial charge in [-0.2, -0.15) is 0 Å². The van der Waals surface area contributed by atoms with Gasteiger partial charge in [0.2, 0.25) is 0 Å². The van der Waals surface area contributed by atoms with Crippen LogP contribution in [-0.2, 0) is 0 Å². The first-order valence-corrected chi connectivity index (χ1v) is 5.90. The highest BCUT2D eigenvalue weighted by Gasteiger charge is 2.09. The maximum absolute atomic E-state index is 5.96. The maximum Gasteiger partial charge on any atom is 0.182 e. The van der Waals surface area contributed by atoms with Gasteiger partial charge in [-0.05, 0) is 30.7 Å². The number of aryl methyl sites for hydroxylation is 1. The molecule has 0 bridgehead atoms. The number of pyridine rings is 1. The molecule has 0 aliphatic heterocycles. The molecular weight excluding hydrogens is 248 g/mol. The summed E-state index contributed by atoms with van der Waals surface area (Å²) >= 11 is 5.96. The van der Waals surface area contributed by atoms with E-state index in [9.17, 15) is 0 Å². The number of fused-ring (bicyclic) bond motifs is 1. The minimum absolute atomic E-state index is 0.620. The fourth-order valence-corrected chi connectivity index (χ4v) is 2.09. The van der Waals surface area contributed by atoms with Crippen LogP contribution in [0.15, 0.2) is 36.5 Å². The number of benzene rings is 1. The van der Waals surface area contributed by atoms with Gasteiger partial charge >= 0.3 is 0 Å². The van der Waals surface area contributed by atoms with E-state index in [1.54, 1.807) is 4.52 Å². The Hall–Kier alpha value is -2.07. The molecule has 2 N–H and O–H groups in total. The number of rotatable bonds is 1. The van der Waals surface area contributed by atoms with Gasteiger partial charge in [-0.15, -0.1) is 5.10 Å². The van der Waals surface area contributed by atoms with Gasteiger partial charge < -0.3 is 5.73 Å². The molecule has 3 aromatic rings. The number of halogens is 1. The summed E-state index contributed by atoms with van der Waals surface area (Å²) in [5.41, 5.74) is 9.13. The Kier molecular flexibility index (Phi) is 2.45. The van der Waals surface area contributed by atoms with Crippen LogP contribution in [0.25, 0.3) is 17.0 Å². The van der Waals surface area contributed by atoms with Crippen molar-refractivity contribution in [3.8, 4) is 11.4 Å². The highest BCUT2D eigenvalue weighted by Crippen LogP contribution is 2.22. The molecule has 0 radical (unpaired) electrons. The average molecular weight is 259 g/mol. The second-order valence-corrected chi connectivity index (χ2v) is 4.62. The standard InChI is InChI=1S/C13H11ClN4/c1-8-5-11(15)13-16-12(17-18(13)7-8)9-3-2-4-10(14)6-9/h2-7H,15H2,1H3. The summed E-state index contributed by atoms with van der Waals surface area (Å²) in [4.78, 5) is 4.43. The lowest BCUT2D eigenvalue weighted by Crippen LogP contribution is -1.94. The molecule has 0 saturated heterocycles. The number of hydrogen-bond donors (Lipinski definition) is 1. The average Bonchev–Trinajstić information content (AvgIpc) is 2.73. The van der Waals surface area contributed by atoms with E-state index in [-0.39, 0.29) is 0 Å². The second-order valence-electron chi connectivity index (χ2n) is 4.19. The molecule has 0 aliphatic rings. The molecule has 0 atom stereocenters. The number of hydrogen-bond acceptors (Lipinski definition) is 3. The topological polar surface area (TPSA) is 56.2 Å². The van der Waals surface area contributed by atoms with E-state index in [0.29, 0.717) is 22.2 Å². The lowest BCUT2D eigenvalue weighted by Gasteiger charge is -1.97. The third-order valence-electron chi connectivity index (χ3n) is 2.68. The van der Waals surface area contributed by atoms with E-state index in [4.69, 9.17) is 17.3 Å². The van der Waals surface area contributed by atoms with Gasteiger partial charge in [0.05, 0.1) is 5.69 Å². The molecule has 0 aliphatic carbocycles. The van der Waals surface area contributed by atoms with Crippen molar-refractivity contribution < 1.29 is 0 Å². The first kappa shape index (κ1) is 11.0. The van der Waals surface area contributed by atoms with E-state index >= 15 is 0 Å². The summed E-state index contributed by atoms with van der Waals surface area (Å²) in [5, 5.41) is 5.08. The quantitative estimate of drug-likeness (QED) is 0.730. The highest BCUT2D eigenvalue weighted by molar-refractivity contribution is 6.30. The molecule has 0 saturated carbocycles. The van der Waals surface area contributed by atoms with Crippen molar-refractivity contribution in [2.75, 3.05) is 5.73 Å². The van der Waals surface area contributed by atoms with Crippen LogP contribution < -0.4 is 5.73 Å². The minimum atomic E-state index is 0.620. The van der Waals surface area contributed by atoms with Crippen LogP contribution in [0.2, 0.25) is 5.02 Å². The first-order chi connectivity index (χ1) is 8.63. The summed E-state index contributed by atoms with van der Waals surface area (Å²) in [6.07, 6.45) is 1.90. The van der Waals surface area contributed by atoms with E-state index in [0.717, 1.165) is 11.1 Å². The number of nitrogens with zero attached hydrogens (tertiary/aromatic N) is 3. The van der Waals surface area contributed by atoms with E-state index in [1.807, 2.05) is 43.5 Å². The molecule has 0 fully saturated rings. The molecule has 3 rings (SSSR count). The molecule has 2 heterocycles. The third-order valence-corrected chi connectivity index (χ3v) is 2.92. The van der Waals surface area contributed by atoms with Gasteiger partial charge in [0, 0.05) is 16.8 Å². The molecule has 90 valence electrons. The fraction of sp³-hybridized carbons (Fsp3) is 0.0769. The van der Waals surface area contributed by atoms with Crippen molar-refractivity contribution >= 4 is 22.9 Å². The zero-order valence-corrected chi connectivity index (χ0v) is 10.5. The molecule has 1 aromatic carbocycles. The Morgan fingerprint density at radius 1 is 1.28 bits per heavy atom. The van der Waals surface area contributed by atoms with E-state index < -0.39 is 0 Å². The molecule has 18 heavy (non-hydrogen) atoms. The Morgan fingerprint density at radius 3 is 2.89 bits per heavy atom. The van der Waals surface area contributed by atoms with Crippen molar-refractivity contribution in [2.45, 2.75) is 6.92 Å². The smallest absolute Gasteiger partial charge is 0.182 e. The predicted molar refractivity (Wildman–Crippen MR) is 72.6 cm³/mol. The number of nitrogens with two attached hydrogens (primary N) is 1. The number of aromatic nitrogens is 3. The molecule has 0 amide bonds. The largest absolute Gasteiger partial charge is 0.396 e. The van der Waals surface area contributed by atoms with E-state index in [1.165, 1.54) is 0 Å². The Labute approximate surface area is 109 Å². The van der Waals surface area contributed by atoms with Crippen LogP contribution in [0.1, 0.15) is 5.56 Å². The van der Waals surface area contributed by atoms with Crippen molar-refractivity contribution in [3.63, 3.8) is 0 Å². The van der Waals surface area contributed by atoms with Gasteiger partial charge in [-0.3, -0.25) is 0 Å². The van der Waals surface area contributed by atoms with E-state index in [2.05, 4.69) is 10.1 Å². The Balaban J connectivity index is 2.22. The van der Waals surface area contributed by atoms with Gasteiger partial charge in [-0.25, -0.2) is 9.50 Å². The lowest BCUT2D eigenvalue weighted by atomic mass is 10.2. The molecule has 0 spiro atoms. The van der Waals surface area contributed by atoms with Gasteiger partial charge in [0.25, 0.3) is 0 Å². The molecular formula is C13H11ClN4. The number of nitrogen functional groups attached to an aromatic ring is 1. The SMILES string of the molecule is Cc1cc(N)c2nc(-c3cccc(Cl)c3)nn2c1. The molecule has 0 unspecified atom stereocenters. The second kappa shape index (κ2) is 3.99. The summed E-state index contributed by atoms with van der Waals surface area (Å²) in [6.45, 7) is 1.97. The summed E-state index contributed by atoms with van der Waals surface area (Å²) in [7, 11) is 0. The van der Waals surface area contributed by atoms with Crippen LogP contribution in [0, 0.1) is 6.92 Å². The van der Waals surface area contributed by atoms with Crippen LogP contribution in [0.5, 0.6) is 0 Å². The predicted octanol–water partition coefficient (Wildman–Crippen LogP) is 2.94. The minimum Gasteiger partial charge on any atom is -0.396 e. The lowest BCUT2D eigenvalue weighted by molar-refractivity contribution is 0.957. The Bertz CT molecular complexity index is 733. The van der Waals surface area contributed by atoms with Crippen molar-refractivity contribution in [3.05, 3.63) is 47.1 Å². The Morgan fingerprint density at radius 2 is 2.11 bits per heavy atom. The molecule has 4 nitrogen and oxygen atoms in total.